The average Bonchev–Trinajstić information content (AvgIpc) is 3.36. The van der Waals surface area contributed by atoms with Crippen molar-refractivity contribution in [3.63, 3.8) is 0 Å². The molecule has 0 spiro atoms. The normalized spacial score (nSPS) is 18.0. The van der Waals surface area contributed by atoms with Gasteiger partial charge >= 0.3 is 0 Å². The first kappa shape index (κ1) is 14.8. The van der Waals surface area contributed by atoms with Crippen molar-refractivity contribution in [3.05, 3.63) is 62.0 Å². The Morgan fingerprint density at radius 3 is 3.00 bits per heavy atom. The van der Waals surface area contributed by atoms with E-state index in [0.29, 0.717) is 37.5 Å². The van der Waals surface area contributed by atoms with Crippen molar-refractivity contribution in [2.75, 3.05) is 6.54 Å². The number of hydrogen-bond acceptors (Lipinski definition) is 3. The first-order chi connectivity index (χ1) is 11.1. The Morgan fingerprint density at radius 1 is 1.39 bits per heavy atom. The maximum Gasteiger partial charge on any atom is 0.254 e. The number of hydrogen-bond donors (Lipinski definition) is 1. The third-order valence-corrected chi connectivity index (χ3v) is 4.85. The molecule has 2 aliphatic rings. The van der Waals surface area contributed by atoms with Crippen LogP contribution in [0.4, 0.5) is 4.39 Å². The number of H-pyrrole nitrogens is 1. The number of aromatic amines is 1. The van der Waals surface area contributed by atoms with E-state index in [1.165, 1.54) is 0 Å². The van der Waals surface area contributed by atoms with Gasteiger partial charge in [-0.05, 0) is 25.3 Å². The highest BCUT2D eigenvalue weighted by molar-refractivity contribution is 6.30. The summed E-state index contributed by atoms with van der Waals surface area (Å²) in [5.41, 5.74) is 2.18. The summed E-state index contributed by atoms with van der Waals surface area (Å²) in [6.45, 7) is 1.76. The molecule has 1 fully saturated rings. The summed E-state index contributed by atoms with van der Waals surface area (Å²) in [7, 11) is 0. The fourth-order valence-corrected chi connectivity index (χ4v) is 3.30. The largest absolute Gasteiger partial charge is 0.310 e. The Bertz CT molecular complexity index is 816. The van der Waals surface area contributed by atoms with Crippen LogP contribution in [0.2, 0.25) is 5.02 Å². The summed E-state index contributed by atoms with van der Waals surface area (Å²) in [4.78, 5) is 21.9. The highest BCUT2D eigenvalue weighted by atomic mass is 35.5. The number of nitrogens with one attached hydrogen (secondary N) is 1. The topological polar surface area (TPSA) is 49.0 Å². The molecule has 4 rings (SSSR count). The predicted molar refractivity (Wildman–Crippen MR) is 86.1 cm³/mol. The fraction of sp³-hybridized carbons (Fsp3) is 0.412. The lowest BCUT2D eigenvalue weighted by molar-refractivity contribution is 0.237. The Labute approximate surface area is 138 Å². The van der Waals surface area contributed by atoms with Crippen LogP contribution in [0.1, 0.15) is 41.4 Å². The minimum absolute atomic E-state index is 0.00881. The lowest BCUT2D eigenvalue weighted by atomic mass is 10.1. The van der Waals surface area contributed by atoms with Crippen LogP contribution in [-0.2, 0) is 19.5 Å². The summed E-state index contributed by atoms with van der Waals surface area (Å²) in [5, 5.41) is 0.144. The molecule has 1 aromatic heterocycles. The number of halogens is 2. The molecule has 6 heteroatoms. The first-order valence-electron chi connectivity index (χ1n) is 7.89. The molecular formula is C17H17ClFN3O. The van der Waals surface area contributed by atoms with Gasteiger partial charge in [-0.3, -0.25) is 9.69 Å². The minimum atomic E-state index is -0.363. The quantitative estimate of drug-likeness (QED) is 0.939. The molecule has 0 radical (unpaired) electrons. The molecule has 1 aliphatic carbocycles. The van der Waals surface area contributed by atoms with E-state index < -0.39 is 0 Å². The van der Waals surface area contributed by atoms with E-state index in [9.17, 15) is 9.18 Å². The molecule has 1 aliphatic heterocycles. The van der Waals surface area contributed by atoms with Crippen LogP contribution in [0, 0.1) is 5.82 Å². The highest BCUT2D eigenvalue weighted by Gasteiger charge is 2.29. The summed E-state index contributed by atoms with van der Waals surface area (Å²) >= 11 is 5.84. The van der Waals surface area contributed by atoms with Gasteiger partial charge in [0.25, 0.3) is 5.56 Å². The molecule has 0 unspecified atom stereocenters. The molecule has 2 heterocycles. The van der Waals surface area contributed by atoms with Crippen LogP contribution in [0.15, 0.2) is 23.0 Å². The van der Waals surface area contributed by atoms with E-state index in [0.717, 1.165) is 29.9 Å². The molecular weight excluding hydrogens is 317 g/mol. The summed E-state index contributed by atoms with van der Waals surface area (Å²) in [6.07, 6.45) is 2.84. The lowest BCUT2D eigenvalue weighted by Gasteiger charge is -2.28. The number of aromatic nitrogens is 2. The third-order valence-electron chi connectivity index (χ3n) is 4.56. The van der Waals surface area contributed by atoms with Gasteiger partial charge in [-0.25, -0.2) is 9.37 Å². The Kier molecular flexibility index (Phi) is 3.70. The van der Waals surface area contributed by atoms with Crippen molar-refractivity contribution in [2.45, 2.75) is 38.3 Å². The van der Waals surface area contributed by atoms with Gasteiger partial charge in [0.2, 0.25) is 0 Å². The van der Waals surface area contributed by atoms with E-state index in [-0.39, 0.29) is 16.4 Å². The van der Waals surface area contributed by atoms with Crippen LogP contribution >= 0.6 is 11.6 Å². The van der Waals surface area contributed by atoms with Crippen molar-refractivity contribution in [1.82, 2.24) is 14.9 Å². The van der Waals surface area contributed by atoms with E-state index in [1.54, 1.807) is 18.2 Å². The van der Waals surface area contributed by atoms with E-state index in [2.05, 4.69) is 14.9 Å². The zero-order valence-electron chi connectivity index (χ0n) is 12.6. The molecule has 1 saturated carbocycles. The molecule has 0 saturated heterocycles. The van der Waals surface area contributed by atoms with Crippen LogP contribution in [-0.4, -0.2) is 21.4 Å². The van der Waals surface area contributed by atoms with Gasteiger partial charge in [0.1, 0.15) is 11.6 Å². The minimum Gasteiger partial charge on any atom is -0.310 e. The second-order valence-electron chi connectivity index (χ2n) is 6.32. The van der Waals surface area contributed by atoms with E-state index >= 15 is 0 Å². The number of fused-ring (bicyclic) bond motifs is 1. The predicted octanol–water partition coefficient (Wildman–Crippen LogP) is 3.00. The lowest BCUT2D eigenvalue weighted by Crippen LogP contribution is -2.35. The number of benzene rings is 1. The van der Waals surface area contributed by atoms with Crippen LogP contribution < -0.4 is 5.56 Å². The van der Waals surface area contributed by atoms with Crippen molar-refractivity contribution in [3.8, 4) is 0 Å². The molecule has 1 N–H and O–H groups in total. The standard InChI is InChI=1S/C17H17ClFN3O/c18-13-3-1-2-11(15(13)19)8-22-7-6-12-14(9-22)20-16(10-4-5-10)21-17(12)23/h1-3,10H,4-9H2,(H,20,21,23). The smallest absolute Gasteiger partial charge is 0.254 e. The zero-order valence-corrected chi connectivity index (χ0v) is 13.4. The van der Waals surface area contributed by atoms with Crippen molar-refractivity contribution in [1.29, 1.82) is 0 Å². The number of rotatable bonds is 3. The van der Waals surface area contributed by atoms with Gasteiger partial charge in [-0.1, -0.05) is 23.7 Å². The van der Waals surface area contributed by atoms with Gasteiger partial charge in [-0.15, -0.1) is 0 Å². The van der Waals surface area contributed by atoms with Crippen LogP contribution in [0.5, 0.6) is 0 Å². The van der Waals surface area contributed by atoms with Gasteiger partial charge in [-0.2, -0.15) is 0 Å². The average molecular weight is 334 g/mol. The molecule has 4 nitrogen and oxygen atoms in total. The molecule has 0 amide bonds. The Balaban J connectivity index is 1.58. The molecule has 120 valence electrons. The SMILES string of the molecule is O=c1[nH]c(C2CC2)nc2c1CCN(Cc1cccc(Cl)c1F)C2. The summed E-state index contributed by atoms with van der Waals surface area (Å²) in [6, 6.07) is 5.05. The molecule has 2 aromatic rings. The zero-order chi connectivity index (χ0) is 16.0. The van der Waals surface area contributed by atoms with E-state index in [4.69, 9.17) is 11.6 Å². The van der Waals surface area contributed by atoms with Crippen LogP contribution in [0.3, 0.4) is 0 Å². The maximum absolute atomic E-state index is 14.1. The summed E-state index contributed by atoms with van der Waals surface area (Å²) < 4.78 is 14.1. The van der Waals surface area contributed by atoms with Gasteiger partial charge < -0.3 is 4.98 Å². The van der Waals surface area contributed by atoms with Crippen molar-refractivity contribution < 1.29 is 4.39 Å². The van der Waals surface area contributed by atoms with Crippen molar-refractivity contribution >= 4 is 11.6 Å². The van der Waals surface area contributed by atoms with E-state index in [1.807, 2.05) is 0 Å². The van der Waals surface area contributed by atoms with Gasteiger partial charge in [0.05, 0.1) is 10.7 Å². The fourth-order valence-electron chi connectivity index (χ4n) is 3.11. The number of nitrogens with zero attached hydrogens (tertiary/aromatic N) is 2. The van der Waals surface area contributed by atoms with Gasteiger partial charge in [0.15, 0.2) is 0 Å². The first-order valence-corrected chi connectivity index (χ1v) is 8.27. The third kappa shape index (κ3) is 2.91. The molecule has 1 aromatic carbocycles. The molecule has 0 bridgehead atoms. The maximum atomic E-state index is 14.1. The second-order valence-corrected chi connectivity index (χ2v) is 6.73. The Morgan fingerprint density at radius 2 is 2.22 bits per heavy atom. The van der Waals surface area contributed by atoms with Crippen molar-refractivity contribution in [2.24, 2.45) is 0 Å². The van der Waals surface area contributed by atoms with Crippen LogP contribution in [0.25, 0.3) is 0 Å². The second kappa shape index (κ2) is 5.73. The monoisotopic (exact) mass is 333 g/mol. The molecule has 0 atom stereocenters. The van der Waals surface area contributed by atoms with Gasteiger partial charge in [0, 0.05) is 36.7 Å². The molecule has 23 heavy (non-hydrogen) atoms. The highest BCUT2D eigenvalue weighted by Crippen LogP contribution is 2.37. The Hall–Kier alpha value is -1.72. The summed E-state index contributed by atoms with van der Waals surface area (Å²) in [5.74, 6) is 0.857.